The monoisotopic (exact) mass is 343 g/mol. The third-order valence-electron chi connectivity index (χ3n) is 6.01. The first-order valence-electron chi connectivity index (χ1n) is 9.17. The Balaban J connectivity index is 1.59. The van der Waals surface area contributed by atoms with Gasteiger partial charge in [-0.3, -0.25) is 14.9 Å². The maximum absolute atomic E-state index is 12.6. The Morgan fingerprint density at radius 1 is 1.44 bits per heavy atom. The minimum atomic E-state index is -0.389. The second-order valence-corrected chi connectivity index (χ2v) is 7.40. The van der Waals surface area contributed by atoms with Crippen molar-refractivity contribution in [2.45, 2.75) is 50.9 Å². The van der Waals surface area contributed by atoms with Crippen molar-refractivity contribution in [3.05, 3.63) is 39.8 Å². The Hall–Kier alpha value is -1.92. The molecule has 4 rings (SSSR count). The van der Waals surface area contributed by atoms with E-state index >= 15 is 0 Å². The van der Waals surface area contributed by atoms with E-state index in [0.29, 0.717) is 12.1 Å². The predicted molar refractivity (Wildman–Crippen MR) is 94.9 cm³/mol. The van der Waals surface area contributed by atoms with Crippen LogP contribution in [0, 0.1) is 11.8 Å². The molecule has 2 fully saturated rings. The summed E-state index contributed by atoms with van der Waals surface area (Å²) < 4.78 is 1.79. The van der Waals surface area contributed by atoms with Crippen molar-refractivity contribution in [1.82, 2.24) is 15.2 Å². The summed E-state index contributed by atoms with van der Waals surface area (Å²) in [4.78, 5) is 25.2. The van der Waals surface area contributed by atoms with Crippen LogP contribution in [-0.4, -0.2) is 34.3 Å². The lowest BCUT2D eigenvalue weighted by molar-refractivity contribution is -0.125. The van der Waals surface area contributed by atoms with Crippen LogP contribution in [0.4, 0.5) is 0 Å². The fourth-order valence-electron chi connectivity index (χ4n) is 4.42. The summed E-state index contributed by atoms with van der Waals surface area (Å²) in [5, 5.41) is 16.4. The van der Waals surface area contributed by atoms with Gasteiger partial charge in [-0.1, -0.05) is 12.2 Å². The van der Waals surface area contributed by atoms with Gasteiger partial charge >= 0.3 is 0 Å². The number of hydrogen-bond acceptors (Lipinski definition) is 4. The van der Waals surface area contributed by atoms with Crippen LogP contribution in [0.2, 0.25) is 0 Å². The lowest BCUT2D eigenvalue weighted by Gasteiger charge is -2.29. The van der Waals surface area contributed by atoms with Gasteiger partial charge < -0.3 is 15.0 Å². The molecule has 1 saturated heterocycles. The number of carbonyl (C=O) groups is 1. The standard InChI is InChI=1S/C19H25N3O3/c1-2-4-11-7-8-15-16-13(9-22(15)19(11)25)14(10-23)17(21-16)18(24)20-12-5-3-6-12/h2,4,7-8,12-14,16-17,21,23H,3,5-6,9-10H2,1H3,(H,20,24)/t13-,14-,16+,17-/m1/s1. The molecule has 0 spiro atoms. The maximum Gasteiger partial charge on any atom is 0.258 e. The molecule has 0 unspecified atom stereocenters. The zero-order valence-electron chi connectivity index (χ0n) is 14.4. The van der Waals surface area contributed by atoms with Gasteiger partial charge in [0, 0.05) is 42.3 Å². The molecular weight excluding hydrogens is 318 g/mol. The molecule has 6 nitrogen and oxygen atoms in total. The van der Waals surface area contributed by atoms with Crippen LogP contribution < -0.4 is 16.2 Å². The normalized spacial score (nSPS) is 31.0. The van der Waals surface area contributed by atoms with E-state index in [1.165, 1.54) is 6.42 Å². The summed E-state index contributed by atoms with van der Waals surface area (Å²) in [5.74, 6) is -0.122. The summed E-state index contributed by atoms with van der Waals surface area (Å²) in [7, 11) is 0. The van der Waals surface area contributed by atoms with Crippen molar-refractivity contribution in [2.24, 2.45) is 11.8 Å². The van der Waals surface area contributed by atoms with Crippen molar-refractivity contribution < 1.29 is 9.90 Å². The third-order valence-corrected chi connectivity index (χ3v) is 6.01. The fraction of sp³-hybridized carbons (Fsp3) is 0.579. The molecular formula is C19H25N3O3. The van der Waals surface area contributed by atoms with E-state index < -0.39 is 0 Å². The van der Waals surface area contributed by atoms with Crippen LogP contribution in [0.5, 0.6) is 0 Å². The molecule has 6 heteroatoms. The third kappa shape index (κ3) is 2.64. The summed E-state index contributed by atoms with van der Waals surface area (Å²) >= 11 is 0. The molecule has 25 heavy (non-hydrogen) atoms. The first-order valence-corrected chi connectivity index (χ1v) is 9.17. The summed E-state index contributed by atoms with van der Waals surface area (Å²) in [6.07, 6.45) is 6.93. The minimum absolute atomic E-state index is 0.000964. The molecule has 1 aliphatic carbocycles. The van der Waals surface area contributed by atoms with E-state index in [1.54, 1.807) is 4.57 Å². The number of fused-ring (bicyclic) bond motifs is 3. The van der Waals surface area contributed by atoms with Crippen molar-refractivity contribution in [2.75, 3.05) is 6.61 Å². The lowest BCUT2D eigenvalue weighted by Crippen LogP contribution is -2.51. The number of aliphatic hydroxyl groups is 1. The molecule has 1 aromatic heterocycles. The highest BCUT2D eigenvalue weighted by Crippen LogP contribution is 2.42. The van der Waals surface area contributed by atoms with Gasteiger partial charge in [-0.15, -0.1) is 0 Å². The number of nitrogens with one attached hydrogen (secondary N) is 2. The lowest BCUT2D eigenvalue weighted by atomic mass is 9.87. The van der Waals surface area contributed by atoms with Gasteiger partial charge in [0.15, 0.2) is 0 Å². The van der Waals surface area contributed by atoms with Crippen molar-refractivity contribution in [3.8, 4) is 0 Å². The van der Waals surface area contributed by atoms with Gasteiger partial charge in [-0.2, -0.15) is 0 Å². The number of hydrogen-bond donors (Lipinski definition) is 3. The Labute approximate surface area is 146 Å². The first-order chi connectivity index (χ1) is 12.1. The SMILES string of the molecule is CC=Cc1ccc2n(c1=O)C[C@@H]1[C@@H](CO)[C@H](C(=O)NC3CCC3)N[C@H]21. The summed E-state index contributed by atoms with van der Waals surface area (Å²) in [6.45, 7) is 2.39. The molecule has 4 atom stereocenters. The highest BCUT2D eigenvalue weighted by molar-refractivity contribution is 5.83. The van der Waals surface area contributed by atoms with Crippen LogP contribution in [0.25, 0.3) is 6.08 Å². The molecule has 3 heterocycles. The van der Waals surface area contributed by atoms with Crippen LogP contribution in [-0.2, 0) is 11.3 Å². The van der Waals surface area contributed by atoms with Crippen molar-refractivity contribution >= 4 is 12.0 Å². The molecule has 2 aliphatic heterocycles. The average Bonchev–Trinajstić information content (AvgIpc) is 3.10. The maximum atomic E-state index is 12.6. The molecule has 3 N–H and O–H groups in total. The van der Waals surface area contributed by atoms with Crippen molar-refractivity contribution in [3.63, 3.8) is 0 Å². The van der Waals surface area contributed by atoms with E-state index in [9.17, 15) is 14.7 Å². The minimum Gasteiger partial charge on any atom is -0.396 e. The fourth-order valence-corrected chi connectivity index (χ4v) is 4.42. The molecule has 1 saturated carbocycles. The Kier molecular flexibility index (Phi) is 4.25. The van der Waals surface area contributed by atoms with E-state index in [0.717, 1.165) is 18.5 Å². The van der Waals surface area contributed by atoms with Crippen LogP contribution in [0.3, 0.4) is 0 Å². The molecule has 0 aromatic carbocycles. The second-order valence-electron chi connectivity index (χ2n) is 7.40. The molecule has 1 amide bonds. The molecule has 0 bridgehead atoms. The number of pyridine rings is 1. The van der Waals surface area contributed by atoms with Gasteiger partial charge in [-0.25, -0.2) is 0 Å². The number of amides is 1. The number of allylic oxidation sites excluding steroid dienone is 1. The second kappa shape index (κ2) is 6.42. The first kappa shape index (κ1) is 16.5. The van der Waals surface area contributed by atoms with Crippen LogP contribution in [0.15, 0.2) is 23.0 Å². The smallest absolute Gasteiger partial charge is 0.258 e. The Morgan fingerprint density at radius 2 is 2.24 bits per heavy atom. The molecule has 3 aliphatic rings. The van der Waals surface area contributed by atoms with Gasteiger partial charge in [-0.05, 0) is 38.3 Å². The van der Waals surface area contributed by atoms with Gasteiger partial charge in [0.25, 0.3) is 5.56 Å². The van der Waals surface area contributed by atoms with Gasteiger partial charge in [0.05, 0.1) is 12.1 Å². The highest BCUT2D eigenvalue weighted by Gasteiger charge is 2.50. The summed E-state index contributed by atoms with van der Waals surface area (Å²) in [6, 6.07) is 3.65. The largest absolute Gasteiger partial charge is 0.396 e. The van der Waals surface area contributed by atoms with Gasteiger partial charge in [0.1, 0.15) is 0 Å². The molecule has 134 valence electrons. The van der Waals surface area contributed by atoms with E-state index in [-0.39, 0.29) is 48.0 Å². The number of aliphatic hydroxyl groups excluding tert-OH is 1. The highest BCUT2D eigenvalue weighted by atomic mass is 16.3. The van der Waals surface area contributed by atoms with Crippen LogP contribution >= 0.6 is 0 Å². The molecule has 0 radical (unpaired) electrons. The van der Waals surface area contributed by atoms with E-state index in [2.05, 4.69) is 10.6 Å². The van der Waals surface area contributed by atoms with E-state index in [1.807, 2.05) is 31.2 Å². The van der Waals surface area contributed by atoms with Gasteiger partial charge in [0.2, 0.25) is 5.91 Å². The number of aromatic nitrogens is 1. The number of nitrogens with zero attached hydrogens (tertiary/aromatic N) is 1. The van der Waals surface area contributed by atoms with Crippen LogP contribution in [0.1, 0.15) is 43.5 Å². The zero-order valence-corrected chi connectivity index (χ0v) is 14.4. The number of rotatable bonds is 4. The van der Waals surface area contributed by atoms with Crippen molar-refractivity contribution in [1.29, 1.82) is 0 Å². The quantitative estimate of drug-likeness (QED) is 0.755. The topological polar surface area (TPSA) is 83.4 Å². The zero-order chi connectivity index (χ0) is 17.6. The Morgan fingerprint density at radius 3 is 2.88 bits per heavy atom. The molecule has 1 aromatic rings. The predicted octanol–water partition coefficient (Wildman–Crippen LogP) is 0.801. The number of carbonyl (C=O) groups excluding carboxylic acids is 1. The van der Waals surface area contributed by atoms with E-state index in [4.69, 9.17) is 0 Å². The summed E-state index contributed by atoms with van der Waals surface area (Å²) in [5.41, 5.74) is 1.59. The Bertz CT molecular complexity index is 766. The average molecular weight is 343 g/mol.